The average Bonchev–Trinajstić information content (AvgIpc) is 2.33. The molecule has 0 spiro atoms. The minimum Gasteiger partial charge on any atom is -0.305 e. The highest BCUT2D eigenvalue weighted by atomic mass is 35.5. The van der Waals surface area contributed by atoms with Crippen molar-refractivity contribution in [3.8, 4) is 0 Å². The van der Waals surface area contributed by atoms with Crippen molar-refractivity contribution >= 4 is 34.9 Å². The first-order valence-electron chi connectivity index (χ1n) is 4.84. The van der Waals surface area contributed by atoms with Crippen molar-refractivity contribution in [2.24, 2.45) is 0 Å². The third-order valence-electron chi connectivity index (χ3n) is 2.10. The minimum atomic E-state index is -0.276. The summed E-state index contributed by atoms with van der Waals surface area (Å²) >= 11 is 11.6. The highest BCUT2D eigenvalue weighted by Gasteiger charge is 2.08. The van der Waals surface area contributed by atoms with Crippen LogP contribution in [0.3, 0.4) is 0 Å². The SMILES string of the molecule is O=C(Nc1ncccc1Cl)c1ccc(Cl)cc1. The zero-order chi connectivity index (χ0) is 12.3. The number of hydrogen-bond donors (Lipinski definition) is 1. The Morgan fingerprint density at radius 2 is 1.82 bits per heavy atom. The molecule has 0 saturated heterocycles. The van der Waals surface area contributed by atoms with Crippen LogP contribution in [0.2, 0.25) is 10.0 Å². The van der Waals surface area contributed by atoms with Gasteiger partial charge in [-0.1, -0.05) is 23.2 Å². The molecule has 0 aliphatic heterocycles. The average molecular weight is 267 g/mol. The van der Waals surface area contributed by atoms with Crippen molar-refractivity contribution < 1.29 is 4.79 Å². The van der Waals surface area contributed by atoms with Crippen LogP contribution in [-0.4, -0.2) is 10.9 Å². The van der Waals surface area contributed by atoms with Crippen molar-refractivity contribution in [2.75, 3.05) is 5.32 Å². The van der Waals surface area contributed by atoms with E-state index >= 15 is 0 Å². The Hall–Kier alpha value is -1.58. The van der Waals surface area contributed by atoms with Crippen molar-refractivity contribution in [3.05, 3.63) is 58.2 Å². The second-order valence-corrected chi connectivity index (χ2v) is 4.14. The van der Waals surface area contributed by atoms with E-state index in [1.165, 1.54) is 0 Å². The van der Waals surface area contributed by atoms with Gasteiger partial charge < -0.3 is 5.32 Å². The van der Waals surface area contributed by atoms with E-state index in [1.807, 2.05) is 0 Å². The van der Waals surface area contributed by atoms with E-state index in [0.717, 1.165) is 0 Å². The van der Waals surface area contributed by atoms with Crippen LogP contribution >= 0.6 is 23.2 Å². The Bertz CT molecular complexity index is 540. The van der Waals surface area contributed by atoms with Gasteiger partial charge in [-0.15, -0.1) is 0 Å². The zero-order valence-electron chi connectivity index (χ0n) is 8.65. The fourth-order valence-corrected chi connectivity index (χ4v) is 1.55. The molecule has 0 saturated carbocycles. The summed E-state index contributed by atoms with van der Waals surface area (Å²) in [6, 6.07) is 9.92. The highest BCUT2D eigenvalue weighted by molar-refractivity contribution is 6.33. The predicted octanol–water partition coefficient (Wildman–Crippen LogP) is 3.64. The molecule has 0 bridgehead atoms. The number of carbonyl (C=O) groups is 1. The molecule has 0 unspecified atom stereocenters. The third kappa shape index (κ3) is 2.96. The zero-order valence-corrected chi connectivity index (χ0v) is 10.2. The molecular formula is C12H8Cl2N2O. The second-order valence-electron chi connectivity index (χ2n) is 3.29. The smallest absolute Gasteiger partial charge is 0.256 e. The van der Waals surface area contributed by atoms with Crippen molar-refractivity contribution in [1.82, 2.24) is 4.98 Å². The summed E-state index contributed by atoms with van der Waals surface area (Å²) < 4.78 is 0. The second kappa shape index (κ2) is 5.17. The van der Waals surface area contributed by atoms with Crippen LogP contribution in [0.15, 0.2) is 42.6 Å². The molecule has 1 heterocycles. The topological polar surface area (TPSA) is 42.0 Å². The van der Waals surface area contributed by atoms with Crippen LogP contribution < -0.4 is 5.32 Å². The molecule has 1 N–H and O–H groups in total. The van der Waals surface area contributed by atoms with Gasteiger partial charge in [-0.25, -0.2) is 4.98 Å². The molecule has 2 rings (SSSR count). The molecule has 0 aliphatic carbocycles. The van der Waals surface area contributed by atoms with Gasteiger partial charge in [0.25, 0.3) is 5.91 Å². The molecule has 0 radical (unpaired) electrons. The third-order valence-corrected chi connectivity index (χ3v) is 2.65. The maximum absolute atomic E-state index is 11.8. The van der Waals surface area contributed by atoms with Gasteiger partial charge in [0.15, 0.2) is 5.82 Å². The summed E-state index contributed by atoms with van der Waals surface area (Å²) in [4.78, 5) is 15.8. The number of nitrogens with zero attached hydrogens (tertiary/aromatic N) is 1. The Morgan fingerprint density at radius 1 is 1.12 bits per heavy atom. The number of carbonyl (C=O) groups excluding carboxylic acids is 1. The van der Waals surface area contributed by atoms with Crippen LogP contribution in [0, 0.1) is 0 Å². The highest BCUT2D eigenvalue weighted by Crippen LogP contribution is 2.18. The van der Waals surface area contributed by atoms with E-state index in [-0.39, 0.29) is 5.91 Å². The summed E-state index contributed by atoms with van der Waals surface area (Å²) in [5.41, 5.74) is 0.496. The molecule has 3 nitrogen and oxygen atoms in total. The number of hydrogen-bond acceptors (Lipinski definition) is 2. The summed E-state index contributed by atoms with van der Waals surface area (Å²) in [6.45, 7) is 0. The first-order chi connectivity index (χ1) is 8.16. The lowest BCUT2D eigenvalue weighted by atomic mass is 10.2. The quantitative estimate of drug-likeness (QED) is 0.902. The normalized spacial score (nSPS) is 10.0. The first-order valence-corrected chi connectivity index (χ1v) is 5.60. The van der Waals surface area contributed by atoms with Crippen molar-refractivity contribution in [3.63, 3.8) is 0 Å². The number of halogens is 2. The van der Waals surface area contributed by atoms with Gasteiger partial charge in [-0.3, -0.25) is 4.79 Å². The summed E-state index contributed by atoms with van der Waals surface area (Å²) in [5.74, 6) is 0.0661. The van der Waals surface area contributed by atoms with Crippen LogP contribution in [0.25, 0.3) is 0 Å². The Labute approximate surface area is 108 Å². The first kappa shape index (κ1) is 11.9. The van der Waals surface area contributed by atoms with Gasteiger partial charge in [-0.05, 0) is 36.4 Å². The molecule has 0 fully saturated rings. The fraction of sp³-hybridized carbons (Fsp3) is 0. The van der Waals surface area contributed by atoms with E-state index in [0.29, 0.717) is 21.4 Å². The molecule has 1 aromatic heterocycles. The maximum Gasteiger partial charge on any atom is 0.256 e. The predicted molar refractivity (Wildman–Crippen MR) is 68.7 cm³/mol. The van der Waals surface area contributed by atoms with E-state index in [2.05, 4.69) is 10.3 Å². The molecule has 1 aromatic carbocycles. The monoisotopic (exact) mass is 266 g/mol. The lowest BCUT2D eigenvalue weighted by molar-refractivity contribution is 0.102. The molecule has 1 amide bonds. The van der Waals surface area contributed by atoms with Crippen LogP contribution in [0.1, 0.15) is 10.4 Å². The van der Waals surface area contributed by atoms with E-state index < -0.39 is 0 Å². The van der Waals surface area contributed by atoms with Gasteiger partial charge in [0.1, 0.15) is 0 Å². The molecule has 5 heteroatoms. The van der Waals surface area contributed by atoms with E-state index in [1.54, 1.807) is 42.6 Å². The number of rotatable bonds is 2. The largest absolute Gasteiger partial charge is 0.305 e. The molecule has 86 valence electrons. The lowest BCUT2D eigenvalue weighted by Crippen LogP contribution is -2.12. The van der Waals surface area contributed by atoms with Gasteiger partial charge in [0.05, 0.1) is 5.02 Å². The number of pyridine rings is 1. The van der Waals surface area contributed by atoms with Gasteiger partial charge in [-0.2, -0.15) is 0 Å². The van der Waals surface area contributed by atoms with Crippen LogP contribution in [0.4, 0.5) is 5.82 Å². The Morgan fingerprint density at radius 3 is 2.47 bits per heavy atom. The number of aromatic nitrogens is 1. The van der Waals surface area contributed by atoms with E-state index in [9.17, 15) is 4.79 Å². The van der Waals surface area contributed by atoms with Crippen LogP contribution in [0.5, 0.6) is 0 Å². The minimum absolute atomic E-state index is 0.276. The van der Waals surface area contributed by atoms with Gasteiger partial charge in [0, 0.05) is 16.8 Å². The number of anilines is 1. The number of benzene rings is 1. The molecular weight excluding hydrogens is 259 g/mol. The Balaban J connectivity index is 2.17. The summed E-state index contributed by atoms with van der Waals surface area (Å²) in [7, 11) is 0. The molecule has 0 atom stereocenters. The molecule has 17 heavy (non-hydrogen) atoms. The van der Waals surface area contributed by atoms with E-state index in [4.69, 9.17) is 23.2 Å². The maximum atomic E-state index is 11.8. The summed E-state index contributed by atoms with van der Waals surface area (Å²) in [6.07, 6.45) is 1.56. The number of nitrogens with one attached hydrogen (secondary N) is 1. The fourth-order valence-electron chi connectivity index (χ4n) is 1.26. The molecule has 2 aromatic rings. The number of amides is 1. The van der Waals surface area contributed by atoms with Crippen LogP contribution in [-0.2, 0) is 0 Å². The standard InChI is InChI=1S/C12H8Cl2N2O/c13-9-5-3-8(4-6-9)12(17)16-11-10(14)2-1-7-15-11/h1-7H,(H,15,16,17). The summed E-state index contributed by atoms with van der Waals surface area (Å²) in [5, 5.41) is 3.60. The van der Waals surface area contributed by atoms with Crippen molar-refractivity contribution in [1.29, 1.82) is 0 Å². The Kier molecular flexibility index (Phi) is 3.61. The van der Waals surface area contributed by atoms with Gasteiger partial charge >= 0.3 is 0 Å². The van der Waals surface area contributed by atoms with Crippen molar-refractivity contribution in [2.45, 2.75) is 0 Å². The van der Waals surface area contributed by atoms with Gasteiger partial charge in [0.2, 0.25) is 0 Å². The molecule has 0 aliphatic rings. The lowest BCUT2D eigenvalue weighted by Gasteiger charge is -2.05.